The van der Waals surface area contributed by atoms with Crippen LogP contribution in [0.15, 0.2) is 30.5 Å². The molecule has 1 aromatic carbocycles. The van der Waals surface area contributed by atoms with Crippen molar-refractivity contribution in [2.75, 3.05) is 18.5 Å². The van der Waals surface area contributed by atoms with Crippen LogP contribution in [0.2, 0.25) is 15.2 Å². The predicted octanol–water partition coefficient (Wildman–Crippen LogP) is 5.78. The summed E-state index contributed by atoms with van der Waals surface area (Å²) in [6, 6.07) is 6.72. The van der Waals surface area contributed by atoms with Crippen LogP contribution in [0.3, 0.4) is 0 Å². The highest BCUT2D eigenvalue weighted by Gasteiger charge is 2.21. The normalized spacial score (nSPS) is 14.0. The van der Waals surface area contributed by atoms with Gasteiger partial charge >= 0.3 is 6.03 Å². The maximum atomic E-state index is 12.8. The second kappa shape index (κ2) is 11.6. The largest absolute Gasteiger partial charge is 0.485 e. The molecular weight excluding hydrogens is 525 g/mol. The van der Waals surface area contributed by atoms with Crippen molar-refractivity contribution in [3.05, 3.63) is 56.9 Å². The van der Waals surface area contributed by atoms with Gasteiger partial charge in [0.1, 0.15) is 11.8 Å². The number of aromatic nitrogens is 2. The first-order valence-electron chi connectivity index (χ1n) is 11.8. The van der Waals surface area contributed by atoms with E-state index < -0.39 is 0 Å². The number of carbonyl (C=O) groups is 2. The number of hydrogen-bond donors (Lipinski definition) is 2. The van der Waals surface area contributed by atoms with E-state index in [0.717, 1.165) is 25.7 Å². The van der Waals surface area contributed by atoms with Crippen LogP contribution in [0.1, 0.15) is 43.4 Å². The number of benzene rings is 1. The van der Waals surface area contributed by atoms with E-state index in [1.54, 1.807) is 41.9 Å². The van der Waals surface area contributed by atoms with Gasteiger partial charge in [0, 0.05) is 29.9 Å². The lowest BCUT2D eigenvalue weighted by molar-refractivity contribution is -0.117. The van der Waals surface area contributed by atoms with E-state index in [0.29, 0.717) is 38.5 Å². The summed E-state index contributed by atoms with van der Waals surface area (Å²) in [6.45, 7) is 1.71. The number of likely N-dealkylation sites (N-methyl/N-ethyl adjacent to an activating group) is 1. The quantitative estimate of drug-likeness (QED) is 0.389. The molecule has 0 atom stereocenters. The van der Waals surface area contributed by atoms with Gasteiger partial charge in [0.2, 0.25) is 5.91 Å². The number of anilines is 1. The molecule has 192 valence electrons. The summed E-state index contributed by atoms with van der Waals surface area (Å²) < 4.78 is 7.73. The van der Waals surface area contributed by atoms with Crippen LogP contribution in [0, 0.1) is 6.92 Å². The number of nitrogens with one attached hydrogen (secondary N) is 2. The Bertz CT molecular complexity index is 1270. The third-order valence-electron chi connectivity index (χ3n) is 6.33. The number of pyridine rings is 1. The molecule has 1 fully saturated rings. The molecule has 3 amide bonds. The number of aryl methyl sites for hydroxylation is 1. The van der Waals surface area contributed by atoms with Gasteiger partial charge in [0.25, 0.3) is 0 Å². The Kier molecular flexibility index (Phi) is 8.49. The number of nitrogens with zero attached hydrogens (tertiary/aromatic N) is 3. The molecule has 1 aliphatic rings. The molecular formula is C25H28Cl3N5O3. The van der Waals surface area contributed by atoms with Crippen molar-refractivity contribution in [3.8, 4) is 5.75 Å². The second-order valence-electron chi connectivity index (χ2n) is 8.82. The summed E-state index contributed by atoms with van der Waals surface area (Å²) >= 11 is 19.4. The molecule has 3 aromatic rings. The first kappa shape index (κ1) is 26.4. The summed E-state index contributed by atoms with van der Waals surface area (Å²) in [5.41, 5.74) is 2.24. The molecule has 8 nitrogen and oxygen atoms in total. The molecule has 36 heavy (non-hydrogen) atoms. The predicted molar refractivity (Wildman–Crippen MR) is 143 cm³/mol. The molecule has 0 aliphatic heterocycles. The number of imidazole rings is 1. The second-order valence-corrected chi connectivity index (χ2v) is 9.96. The fourth-order valence-electron chi connectivity index (χ4n) is 4.26. The monoisotopic (exact) mass is 551 g/mol. The highest BCUT2D eigenvalue weighted by atomic mass is 35.5. The molecule has 0 unspecified atom stereocenters. The fourth-order valence-corrected chi connectivity index (χ4v) is 5.04. The summed E-state index contributed by atoms with van der Waals surface area (Å²) in [7, 11) is 1.60. The zero-order chi connectivity index (χ0) is 25.8. The molecule has 4 rings (SSSR count). The Morgan fingerprint density at radius 2 is 1.92 bits per heavy atom. The minimum atomic E-state index is -0.344. The average molecular weight is 553 g/mol. The van der Waals surface area contributed by atoms with Crippen LogP contribution < -0.4 is 20.3 Å². The Morgan fingerprint density at radius 1 is 1.17 bits per heavy atom. The van der Waals surface area contributed by atoms with Crippen molar-refractivity contribution in [2.24, 2.45) is 0 Å². The molecule has 0 bridgehead atoms. The van der Waals surface area contributed by atoms with Crippen molar-refractivity contribution in [3.63, 3.8) is 0 Å². The molecule has 0 spiro atoms. The first-order valence-corrected chi connectivity index (χ1v) is 12.9. The smallest absolute Gasteiger partial charge is 0.315 e. The van der Waals surface area contributed by atoms with Crippen molar-refractivity contribution in [1.29, 1.82) is 0 Å². The van der Waals surface area contributed by atoms with E-state index in [-0.39, 0.29) is 36.2 Å². The van der Waals surface area contributed by atoms with Gasteiger partial charge in [-0.1, -0.05) is 54.1 Å². The van der Waals surface area contributed by atoms with Crippen LogP contribution >= 0.6 is 34.8 Å². The Morgan fingerprint density at radius 3 is 2.67 bits per heavy atom. The van der Waals surface area contributed by atoms with Crippen LogP contribution in [0.25, 0.3) is 5.65 Å². The Hall–Kier alpha value is -2.68. The van der Waals surface area contributed by atoms with Crippen LogP contribution in [-0.2, 0) is 11.4 Å². The lowest BCUT2D eigenvalue weighted by atomic mass is 9.96. The zero-order valence-corrected chi connectivity index (χ0v) is 22.4. The van der Waals surface area contributed by atoms with Gasteiger partial charge < -0.3 is 20.3 Å². The molecule has 1 saturated carbocycles. The number of carbonyl (C=O) groups excluding carboxylic acids is 2. The lowest BCUT2D eigenvalue weighted by Crippen LogP contribution is -2.46. The number of fused-ring (bicyclic) bond motifs is 1. The van der Waals surface area contributed by atoms with Gasteiger partial charge in [0.15, 0.2) is 11.4 Å². The van der Waals surface area contributed by atoms with Gasteiger partial charge in [-0.3, -0.25) is 9.20 Å². The van der Waals surface area contributed by atoms with E-state index in [2.05, 4.69) is 15.6 Å². The average Bonchev–Trinajstić information content (AvgIpc) is 3.16. The van der Waals surface area contributed by atoms with Gasteiger partial charge in [-0.2, -0.15) is 0 Å². The summed E-state index contributed by atoms with van der Waals surface area (Å²) in [6.07, 6.45) is 7.15. The Labute approximate surface area is 224 Å². The SMILES string of the molecule is Cc1nc2c(OCc3c(Cl)ccc(N(C)C(=O)CNC(=O)NC4CCCCC4)c3Cl)cccn2c1Cl. The fraction of sp³-hybridized carbons (Fsp3) is 0.400. The maximum absolute atomic E-state index is 12.8. The molecule has 0 saturated heterocycles. The highest BCUT2D eigenvalue weighted by Crippen LogP contribution is 2.35. The Balaban J connectivity index is 1.42. The molecule has 1 aliphatic carbocycles. The van der Waals surface area contributed by atoms with Crippen molar-refractivity contribution in [1.82, 2.24) is 20.0 Å². The molecule has 2 N–H and O–H groups in total. The lowest BCUT2D eigenvalue weighted by Gasteiger charge is -2.24. The summed E-state index contributed by atoms with van der Waals surface area (Å²) in [4.78, 5) is 30.8. The summed E-state index contributed by atoms with van der Waals surface area (Å²) in [5.74, 6) is 0.194. The van der Waals surface area contributed by atoms with Crippen LogP contribution in [0.4, 0.5) is 10.5 Å². The van der Waals surface area contributed by atoms with Crippen LogP contribution in [0.5, 0.6) is 5.75 Å². The maximum Gasteiger partial charge on any atom is 0.315 e. The van der Waals surface area contributed by atoms with Crippen molar-refractivity contribution in [2.45, 2.75) is 51.7 Å². The van der Waals surface area contributed by atoms with Crippen molar-refractivity contribution >= 4 is 58.1 Å². The van der Waals surface area contributed by atoms with Gasteiger partial charge in [0.05, 0.1) is 22.9 Å². The summed E-state index contributed by atoms with van der Waals surface area (Å²) in [5, 5.41) is 6.77. The number of hydrogen-bond acceptors (Lipinski definition) is 4. The molecule has 2 heterocycles. The van der Waals surface area contributed by atoms with E-state index in [9.17, 15) is 9.59 Å². The molecule has 0 radical (unpaired) electrons. The highest BCUT2D eigenvalue weighted by molar-refractivity contribution is 6.38. The van der Waals surface area contributed by atoms with Gasteiger partial charge in [-0.25, -0.2) is 9.78 Å². The third-order valence-corrected chi connectivity index (χ3v) is 7.56. The minimum Gasteiger partial charge on any atom is -0.485 e. The van der Waals surface area contributed by atoms with E-state index in [1.807, 2.05) is 6.92 Å². The van der Waals surface area contributed by atoms with E-state index >= 15 is 0 Å². The zero-order valence-electron chi connectivity index (χ0n) is 20.1. The number of rotatable bonds is 7. The number of ether oxygens (including phenoxy) is 1. The first-order chi connectivity index (χ1) is 17.3. The van der Waals surface area contributed by atoms with E-state index in [4.69, 9.17) is 39.5 Å². The van der Waals surface area contributed by atoms with Crippen molar-refractivity contribution < 1.29 is 14.3 Å². The van der Waals surface area contributed by atoms with Crippen LogP contribution in [-0.4, -0.2) is 41.0 Å². The van der Waals surface area contributed by atoms with E-state index in [1.165, 1.54) is 11.3 Å². The third kappa shape index (κ3) is 5.82. The standard InChI is InChI=1S/C25H28Cl3N5O3/c1-15-23(28)33-12-6-9-20(24(33)30-15)36-14-17-18(26)10-11-19(22(17)27)32(2)21(34)13-29-25(35)31-16-7-4-3-5-8-16/h6,9-12,16H,3-5,7-8,13-14H2,1-2H3,(H2,29,31,35). The topological polar surface area (TPSA) is 88.0 Å². The molecule has 11 heteroatoms. The van der Waals surface area contributed by atoms with Gasteiger partial charge in [-0.15, -0.1) is 0 Å². The number of amides is 3. The van der Waals surface area contributed by atoms with Gasteiger partial charge in [-0.05, 0) is 44.0 Å². The number of halogens is 3. The number of urea groups is 1. The minimum absolute atomic E-state index is 0.0543. The molecule has 2 aromatic heterocycles.